The van der Waals surface area contributed by atoms with Crippen LogP contribution in [0.1, 0.15) is 40.9 Å². The lowest BCUT2D eigenvalue weighted by atomic mass is 9.98. The second-order valence-electron chi connectivity index (χ2n) is 4.66. The molecule has 0 spiro atoms. The number of carboxylic acid groups (broad SMARTS) is 1. The molecule has 0 radical (unpaired) electrons. The summed E-state index contributed by atoms with van der Waals surface area (Å²) < 4.78 is 0. The first-order valence-corrected chi connectivity index (χ1v) is 8.48. The summed E-state index contributed by atoms with van der Waals surface area (Å²) in [6, 6.07) is 0. The van der Waals surface area contributed by atoms with E-state index in [9.17, 15) is 4.79 Å². The van der Waals surface area contributed by atoms with Crippen molar-refractivity contribution < 1.29 is 9.90 Å². The van der Waals surface area contributed by atoms with Crippen LogP contribution in [-0.2, 0) is 4.79 Å². The predicted octanol–water partition coefficient (Wildman–Crippen LogP) is 2.80. The maximum Gasteiger partial charge on any atom is 0.310 e. The van der Waals surface area contributed by atoms with Gasteiger partial charge < -0.3 is 5.11 Å². The average Bonchev–Trinajstić information content (AvgIpc) is 2.38. The van der Waals surface area contributed by atoms with Gasteiger partial charge in [-0.1, -0.05) is 0 Å². The van der Waals surface area contributed by atoms with Gasteiger partial charge in [-0.2, -0.15) is 11.8 Å². The fraction of sp³-hybridized carbons (Fsp3) is 0.615. The number of aryl methyl sites for hydroxylation is 2. The van der Waals surface area contributed by atoms with E-state index in [-0.39, 0.29) is 0 Å². The van der Waals surface area contributed by atoms with E-state index >= 15 is 0 Å². The zero-order chi connectivity index (χ0) is 14.0. The molecule has 2 unspecified atom stereocenters. The zero-order valence-electron chi connectivity index (χ0n) is 11.3. The van der Waals surface area contributed by atoms with Gasteiger partial charge in [0.05, 0.1) is 11.2 Å². The Balaban J connectivity index is 2.33. The number of nitrogens with zero attached hydrogens (tertiary/aromatic N) is 2. The van der Waals surface area contributed by atoms with E-state index < -0.39 is 11.9 Å². The van der Waals surface area contributed by atoms with Gasteiger partial charge in [-0.05, 0) is 20.8 Å². The predicted molar refractivity (Wildman–Crippen MR) is 80.1 cm³/mol. The van der Waals surface area contributed by atoms with E-state index in [0.717, 1.165) is 34.3 Å². The molecule has 104 valence electrons. The summed E-state index contributed by atoms with van der Waals surface area (Å²) >= 11 is 3.82. The third-order valence-corrected chi connectivity index (χ3v) is 6.00. The highest BCUT2D eigenvalue weighted by molar-refractivity contribution is 8.06. The van der Waals surface area contributed by atoms with Crippen LogP contribution in [0.4, 0.5) is 0 Å². The Hall–Kier alpha value is -0.750. The molecule has 0 amide bonds. The maximum absolute atomic E-state index is 11.1. The number of aliphatic carboxylic acids is 1. The van der Waals surface area contributed by atoms with Crippen LogP contribution in [0.25, 0.3) is 0 Å². The molecule has 0 bridgehead atoms. The third kappa shape index (κ3) is 3.23. The van der Waals surface area contributed by atoms with Gasteiger partial charge >= 0.3 is 5.97 Å². The number of hydrogen-bond acceptors (Lipinski definition) is 5. The van der Waals surface area contributed by atoms with Gasteiger partial charge in [0.15, 0.2) is 0 Å². The molecule has 1 saturated heterocycles. The van der Waals surface area contributed by atoms with Gasteiger partial charge in [0.1, 0.15) is 5.82 Å². The minimum absolute atomic E-state index is 0.338. The summed E-state index contributed by atoms with van der Waals surface area (Å²) in [7, 11) is 0. The van der Waals surface area contributed by atoms with Crippen molar-refractivity contribution in [1.82, 2.24) is 9.97 Å². The molecular formula is C13H18N2O2S2. The summed E-state index contributed by atoms with van der Waals surface area (Å²) in [4.78, 5) is 20.2. The normalized spacial score (nSPS) is 21.1. The first-order valence-electron chi connectivity index (χ1n) is 6.28. The molecule has 1 N–H and O–H groups in total. The molecule has 6 heteroatoms. The fourth-order valence-electron chi connectivity index (χ4n) is 2.28. The monoisotopic (exact) mass is 298 g/mol. The van der Waals surface area contributed by atoms with Gasteiger partial charge in [-0.15, -0.1) is 11.8 Å². The van der Waals surface area contributed by atoms with Gasteiger partial charge in [-0.3, -0.25) is 4.79 Å². The van der Waals surface area contributed by atoms with Crippen LogP contribution in [-0.4, -0.2) is 38.3 Å². The van der Waals surface area contributed by atoms with E-state index in [1.54, 1.807) is 6.92 Å². The molecule has 1 fully saturated rings. The van der Waals surface area contributed by atoms with Crippen molar-refractivity contribution in [2.45, 2.75) is 31.9 Å². The van der Waals surface area contributed by atoms with E-state index in [1.165, 1.54) is 5.75 Å². The number of hydrogen-bond donors (Lipinski definition) is 1. The first kappa shape index (κ1) is 14.7. The molecule has 1 aromatic rings. The van der Waals surface area contributed by atoms with Gasteiger partial charge in [0, 0.05) is 34.2 Å². The lowest BCUT2D eigenvalue weighted by Gasteiger charge is -2.22. The van der Waals surface area contributed by atoms with Crippen LogP contribution >= 0.6 is 23.5 Å². The highest BCUT2D eigenvalue weighted by Gasteiger charge is 2.24. The molecule has 2 heterocycles. The Kier molecular flexibility index (Phi) is 4.73. The fourth-order valence-corrected chi connectivity index (χ4v) is 4.88. The molecule has 1 aliphatic heterocycles. The Bertz CT molecular complexity index is 465. The van der Waals surface area contributed by atoms with Crippen LogP contribution in [0, 0.1) is 13.8 Å². The highest BCUT2D eigenvalue weighted by Crippen LogP contribution is 2.36. The number of thioether (sulfide) groups is 2. The van der Waals surface area contributed by atoms with Crippen LogP contribution in [0.3, 0.4) is 0 Å². The lowest BCUT2D eigenvalue weighted by molar-refractivity contribution is -0.138. The van der Waals surface area contributed by atoms with Crippen LogP contribution in [0.2, 0.25) is 0 Å². The molecule has 1 aromatic heterocycles. The van der Waals surface area contributed by atoms with Gasteiger partial charge in [0.2, 0.25) is 0 Å². The minimum atomic E-state index is -0.829. The summed E-state index contributed by atoms with van der Waals surface area (Å²) in [5.41, 5.74) is 2.35. The van der Waals surface area contributed by atoms with E-state index in [1.807, 2.05) is 37.4 Å². The summed E-state index contributed by atoms with van der Waals surface area (Å²) in [5.74, 6) is 2.83. The van der Waals surface area contributed by atoms with Crippen molar-refractivity contribution in [3.63, 3.8) is 0 Å². The maximum atomic E-state index is 11.1. The standard InChI is InChI=1S/C13H18N2O2S2/c1-7(13(16)17)11-8(2)14-12(15-9(11)3)10-6-18-4-5-19-10/h7,10H,4-6H2,1-3H3,(H,16,17). The molecular weight excluding hydrogens is 280 g/mol. The molecule has 2 rings (SSSR count). The Labute approximate surface area is 121 Å². The number of aromatic nitrogens is 2. The van der Waals surface area contributed by atoms with E-state index in [0.29, 0.717) is 5.25 Å². The largest absolute Gasteiger partial charge is 0.481 e. The second-order valence-corrected chi connectivity index (χ2v) is 7.12. The Morgan fingerprint density at radius 1 is 1.32 bits per heavy atom. The Morgan fingerprint density at radius 2 is 1.95 bits per heavy atom. The number of carboxylic acids is 1. The molecule has 19 heavy (non-hydrogen) atoms. The zero-order valence-corrected chi connectivity index (χ0v) is 13.0. The quantitative estimate of drug-likeness (QED) is 0.926. The molecule has 0 aliphatic carbocycles. The SMILES string of the molecule is Cc1nc(C2CSCCS2)nc(C)c1C(C)C(=O)O. The third-order valence-electron chi connectivity index (χ3n) is 3.25. The lowest BCUT2D eigenvalue weighted by Crippen LogP contribution is -2.17. The van der Waals surface area contributed by atoms with Crippen molar-refractivity contribution in [2.24, 2.45) is 0 Å². The van der Waals surface area contributed by atoms with Crippen LogP contribution in [0.5, 0.6) is 0 Å². The summed E-state index contributed by atoms with van der Waals surface area (Å²) in [5, 5.41) is 9.48. The molecule has 1 aliphatic rings. The Morgan fingerprint density at radius 3 is 2.42 bits per heavy atom. The van der Waals surface area contributed by atoms with Crippen molar-refractivity contribution in [1.29, 1.82) is 0 Å². The number of rotatable bonds is 3. The first-order chi connectivity index (χ1) is 9.00. The van der Waals surface area contributed by atoms with Crippen molar-refractivity contribution in [2.75, 3.05) is 17.3 Å². The van der Waals surface area contributed by atoms with E-state index in [2.05, 4.69) is 9.97 Å². The topological polar surface area (TPSA) is 63.1 Å². The van der Waals surface area contributed by atoms with Crippen molar-refractivity contribution >= 4 is 29.5 Å². The highest BCUT2D eigenvalue weighted by atomic mass is 32.2. The summed E-state index contributed by atoms with van der Waals surface area (Å²) in [6.45, 7) is 5.45. The van der Waals surface area contributed by atoms with Gasteiger partial charge in [-0.25, -0.2) is 9.97 Å². The van der Waals surface area contributed by atoms with Crippen LogP contribution < -0.4 is 0 Å². The van der Waals surface area contributed by atoms with Crippen molar-refractivity contribution in [3.8, 4) is 0 Å². The second kappa shape index (κ2) is 6.13. The molecule has 4 nitrogen and oxygen atoms in total. The smallest absolute Gasteiger partial charge is 0.310 e. The molecule has 0 saturated carbocycles. The van der Waals surface area contributed by atoms with E-state index in [4.69, 9.17) is 5.11 Å². The minimum Gasteiger partial charge on any atom is -0.481 e. The molecule has 0 aromatic carbocycles. The molecule has 2 atom stereocenters. The average molecular weight is 298 g/mol. The van der Waals surface area contributed by atoms with Crippen molar-refractivity contribution in [3.05, 3.63) is 22.8 Å². The van der Waals surface area contributed by atoms with Crippen LogP contribution in [0.15, 0.2) is 0 Å². The summed E-state index contributed by atoms with van der Waals surface area (Å²) in [6.07, 6.45) is 0. The number of carbonyl (C=O) groups is 1. The van der Waals surface area contributed by atoms with Gasteiger partial charge in [0.25, 0.3) is 0 Å².